The van der Waals surface area contributed by atoms with Gasteiger partial charge in [0.1, 0.15) is 5.40 Å². The number of carbonyl (C=O) groups excluding carboxylic acids is 2. The van der Waals surface area contributed by atoms with Gasteiger partial charge in [0.05, 0.1) is 5.56 Å². The molecule has 1 N–H and O–H groups in total. The van der Waals surface area contributed by atoms with Gasteiger partial charge in [0.15, 0.2) is 6.61 Å². The van der Waals surface area contributed by atoms with E-state index in [-0.39, 0.29) is 0 Å². The van der Waals surface area contributed by atoms with Crippen molar-refractivity contribution < 1.29 is 14.3 Å². The second-order valence-electron chi connectivity index (χ2n) is 4.80. The summed E-state index contributed by atoms with van der Waals surface area (Å²) in [5.74, 6) is -1.04. The summed E-state index contributed by atoms with van der Waals surface area (Å²) < 4.78 is 4.96. The molecule has 2 rings (SSSR count). The van der Waals surface area contributed by atoms with Crippen LogP contribution in [0.2, 0.25) is 5.02 Å². The molecule has 0 aliphatic carbocycles. The summed E-state index contributed by atoms with van der Waals surface area (Å²) in [6.45, 7) is 1.42. The van der Waals surface area contributed by atoms with Crippen molar-refractivity contribution in [2.45, 2.75) is 11.8 Å². The summed E-state index contributed by atoms with van der Waals surface area (Å²) in [4.78, 5) is 24.5. The van der Waals surface area contributed by atoms with Gasteiger partial charge >= 0.3 is 5.97 Å². The molecule has 2 aromatic rings. The van der Waals surface area contributed by atoms with E-state index in [1.807, 2.05) is 12.3 Å². The fourth-order valence-corrected chi connectivity index (χ4v) is 2.48. The van der Waals surface area contributed by atoms with E-state index < -0.39 is 18.5 Å². The van der Waals surface area contributed by atoms with Gasteiger partial charge in [0.2, 0.25) is 0 Å². The number of nitrogens with one attached hydrogen (secondary N) is 1. The first-order valence-electron chi connectivity index (χ1n) is 6.88. The molecule has 24 heavy (non-hydrogen) atoms. The Morgan fingerprint density at radius 1 is 1.25 bits per heavy atom. The number of esters is 1. The topological polar surface area (TPSA) is 79.2 Å². The van der Waals surface area contributed by atoms with Crippen molar-refractivity contribution in [2.75, 3.05) is 11.9 Å². The van der Waals surface area contributed by atoms with Crippen LogP contribution in [0.25, 0.3) is 0 Å². The van der Waals surface area contributed by atoms with Crippen LogP contribution in [0.3, 0.4) is 0 Å². The van der Waals surface area contributed by atoms with Gasteiger partial charge in [-0.05, 0) is 66.7 Å². The number of nitriles is 1. The van der Waals surface area contributed by atoms with Gasteiger partial charge in [0, 0.05) is 15.6 Å². The fraction of sp³-hybridized carbons (Fsp3) is 0.118. The van der Waals surface area contributed by atoms with Crippen molar-refractivity contribution in [3.8, 4) is 5.40 Å². The average Bonchev–Trinajstić information content (AvgIpc) is 2.56. The molecule has 0 radical (unpaired) electrons. The normalized spacial score (nSPS) is 9.88. The number of anilines is 1. The van der Waals surface area contributed by atoms with Crippen LogP contribution in [0.15, 0.2) is 47.4 Å². The minimum atomic E-state index is -0.598. The molecule has 0 bridgehead atoms. The Morgan fingerprint density at radius 3 is 2.58 bits per heavy atom. The lowest BCUT2D eigenvalue weighted by atomic mass is 10.2. The highest BCUT2D eigenvalue weighted by Crippen LogP contribution is 2.23. The molecule has 7 heteroatoms. The molecule has 0 spiro atoms. The number of thiocyanates is 1. The van der Waals surface area contributed by atoms with Gasteiger partial charge in [-0.3, -0.25) is 4.79 Å². The van der Waals surface area contributed by atoms with Crippen LogP contribution < -0.4 is 5.32 Å². The molecule has 0 atom stereocenters. The Labute approximate surface area is 148 Å². The van der Waals surface area contributed by atoms with Crippen LogP contribution in [0, 0.1) is 17.6 Å². The van der Waals surface area contributed by atoms with Gasteiger partial charge in [-0.15, -0.1) is 0 Å². The third-order valence-corrected chi connectivity index (χ3v) is 3.88. The maximum atomic E-state index is 11.9. The summed E-state index contributed by atoms with van der Waals surface area (Å²) in [6.07, 6.45) is 0. The number of benzene rings is 2. The molecule has 0 heterocycles. The Balaban J connectivity index is 1.90. The summed E-state index contributed by atoms with van der Waals surface area (Å²) in [6, 6.07) is 11.4. The summed E-state index contributed by atoms with van der Waals surface area (Å²) in [5, 5.41) is 13.8. The lowest BCUT2D eigenvalue weighted by Gasteiger charge is -2.09. The monoisotopic (exact) mass is 360 g/mol. The minimum Gasteiger partial charge on any atom is -0.452 e. The summed E-state index contributed by atoms with van der Waals surface area (Å²) in [5.41, 5.74) is 1.73. The molecule has 0 aliphatic rings. The highest BCUT2D eigenvalue weighted by Gasteiger charge is 2.11. The van der Waals surface area contributed by atoms with E-state index in [2.05, 4.69) is 5.32 Å². The van der Waals surface area contributed by atoms with Crippen LogP contribution in [0.4, 0.5) is 5.69 Å². The van der Waals surface area contributed by atoms with Crippen LogP contribution in [0.1, 0.15) is 15.9 Å². The second kappa shape index (κ2) is 8.39. The van der Waals surface area contributed by atoms with Crippen LogP contribution in [0.5, 0.6) is 0 Å². The SMILES string of the molecule is Cc1cc(SC#N)ccc1NC(=O)COC(=O)c1ccc(Cl)cc1. The van der Waals surface area contributed by atoms with Crippen molar-refractivity contribution in [1.82, 2.24) is 0 Å². The van der Waals surface area contributed by atoms with E-state index in [1.54, 1.807) is 30.3 Å². The summed E-state index contributed by atoms with van der Waals surface area (Å²) >= 11 is 6.79. The quantitative estimate of drug-likeness (QED) is 0.495. The van der Waals surface area contributed by atoms with Gasteiger partial charge in [0.25, 0.3) is 5.91 Å². The zero-order chi connectivity index (χ0) is 17.5. The largest absolute Gasteiger partial charge is 0.452 e. The Kier molecular flexibility index (Phi) is 6.24. The molecule has 0 saturated carbocycles. The lowest BCUT2D eigenvalue weighted by Crippen LogP contribution is -2.21. The van der Waals surface area contributed by atoms with Gasteiger partial charge in [-0.1, -0.05) is 11.6 Å². The third kappa shape index (κ3) is 5.01. The van der Waals surface area contributed by atoms with Crippen molar-refractivity contribution >= 4 is 40.9 Å². The highest BCUT2D eigenvalue weighted by molar-refractivity contribution is 8.03. The lowest BCUT2D eigenvalue weighted by molar-refractivity contribution is -0.119. The minimum absolute atomic E-state index is 0.321. The number of amides is 1. The van der Waals surface area contributed by atoms with Gasteiger partial charge in [-0.2, -0.15) is 5.26 Å². The highest BCUT2D eigenvalue weighted by atomic mass is 35.5. The number of halogens is 1. The fourth-order valence-electron chi connectivity index (χ4n) is 1.88. The number of hydrogen-bond donors (Lipinski definition) is 1. The van der Waals surface area contributed by atoms with Crippen molar-refractivity contribution in [1.29, 1.82) is 5.26 Å². The zero-order valence-electron chi connectivity index (χ0n) is 12.7. The first-order chi connectivity index (χ1) is 11.5. The predicted octanol–water partition coefficient (Wildman–Crippen LogP) is 4.02. The van der Waals surface area contributed by atoms with Gasteiger partial charge < -0.3 is 10.1 Å². The van der Waals surface area contributed by atoms with Crippen LogP contribution in [-0.2, 0) is 9.53 Å². The number of thioether (sulfide) groups is 1. The van der Waals surface area contributed by atoms with E-state index in [1.165, 1.54) is 12.1 Å². The van der Waals surface area contributed by atoms with Crippen molar-refractivity contribution in [3.63, 3.8) is 0 Å². The van der Waals surface area contributed by atoms with E-state index in [0.29, 0.717) is 16.3 Å². The maximum absolute atomic E-state index is 11.9. The molecule has 2 aromatic carbocycles. The smallest absolute Gasteiger partial charge is 0.338 e. The molecule has 1 amide bonds. The molecule has 0 unspecified atom stereocenters. The molecule has 0 fully saturated rings. The number of carbonyl (C=O) groups is 2. The number of nitrogens with zero attached hydrogens (tertiary/aromatic N) is 1. The Hall–Kier alpha value is -2.49. The average molecular weight is 361 g/mol. The first-order valence-corrected chi connectivity index (χ1v) is 8.08. The molecule has 0 saturated heterocycles. The first kappa shape index (κ1) is 17.9. The van der Waals surface area contributed by atoms with Crippen LogP contribution >= 0.6 is 23.4 Å². The predicted molar refractivity (Wildman–Crippen MR) is 93.0 cm³/mol. The van der Waals surface area contributed by atoms with E-state index in [4.69, 9.17) is 21.6 Å². The molecule has 0 aromatic heterocycles. The molecular weight excluding hydrogens is 348 g/mol. The number of rotatable bonds is 5. The molecule has 122 valence electrons. The molecular formula is C17H13ClN2O3S. The van der Waals surface area contributed by atoms with E-state index >= 15 is 0 Å². The van der Waals surface area contributed by atoms with Gasteiger partial charge in [-0.25, -0.2) is 4.79 Å². The number of hydrogen-bond acceptors (Lipinski definition) is 5. The van der Waals surface area contributed by atoms with E-state index in [0.717, 1.165) is 22.2 Å². The Bertz CT molecular complexity index is 800. The zero-order valence-corrected chi connectivity index (χ0v) is 14.3. The second-order valence-corrected chi connectivity index (χ2v) is 6.10. The van der Waals surface area contributed by atoms with Crippen molar-refractivity contribution in [2.24, 2.45) is 0 Å². The third-order valence-electron chi connectivity index (χ3n) is 3.05. The summed E-state index contributed by atoms with van der Waals surface area (Å²) in [7, 11) is 0. The van der Waals surface area contributed by atoms with E-state index in [9.17, 15) is 9.59 Å². The Morgan fingerprint density at radius 2 is 1.96 bits per heavy atom. The number of aryl methyl sites for hydroxylation is 1. The van der Waals surface area contributed by atoms with Crippen molar-refractivity contribution in [3.05, 3.63) is 58.6 Å². The van der Waals surface area contributed by atoms with Crippen LogP contribution in [-0.4, -0.2) is 18.5 Å². The maximum Gasteiger partial charge on any atom is 0.338 e. The standard InChI is InChI=1S/C17H13ClN2O3S/c1-11-8-14(24-10-19)6-7-15(11)20-16(21)9-23-17(22)12-2-4-13(18)5-3-12/h2-8H,9H2,1H3,(H,20,21). The molecule has 5 nitrogen and oxygen atoms in total. The molecule has 0 aliphatic heterocycles. The number of ether oxygens (including phenoxy) is 1.